The molecule has 3 heterocycles. The van der Waals surface area contributed by atoms with Crippen LogP contribution in [0, 0.1) is 0 Å². The molecule has 32 heavy (non-hydrogen) atoms. The monoisotopic (exact) mass is 470 g/mol. The normalized spacial score (nSPS) is 18.3. The van der Waals surface area contributed by atoms with E-state index >= 15 is 0 Å². The van der Waals surface area contributed by atoms with Crippen LogP contribution in [0.4, 0.5) is 5.69 Å². The van der Waals surface area contributed by atoms with Gasteiger partial charge < -0.3 is 24.3 Å². The molecular formula is C24H27ClN4O2S. The second kappa shape index (κ2) is 9.90. The van der Waals surface area contributed by atoms with Crippen LogP contribution in [0.2, 0.25) is 5.02 Å². The lowest BCUT2D eigenvalue weighted by atomic mass is 9.98. The molecule has 1 aromatic carbocycles. The molecule has 0 amide bonds. The number of hydrogen-bond acceptors (Lipinski definition) is 4. The molecule has 2 aromatic heterocycles. The highest BCUT2D eigenvalue weighted by Crippen LogP contribution is 2.43. The van der Waals surface area contributed by atoms with E-state index < -0.39 is 0 Å². The summed E-state index contributed by atoms with van der Waals surface area (Å²) >= 11 is 12.3. The Labute approximate surface area is 199 Å². The molecule has 8 heteroatoms. The molecule has 1 N–H and O–H groups in total. The number of aromatic nitrogens is 2. The van der Waals surface area contributed by atoms with Gasteiger partial charge in [0.2, 0.25) is 0 Å². The Morgan fingerprint density at radius 2 is 2.03 bits per heavy atom. The van der Waals surface area contributed by atoms with Crippen molar-refractivity contribution < 1.29 is 9.47 Å². The molecule has 168 valence electrons. The van der Waals surface area contributed by atoms with Crippen LogP contribution in [0.15, 0.2) is 61.1 Å². The SMILES string of the molecule is COCCOc1ccc(N2C(=S)N[C@@H](c3ccccn3)[C@@H]2c2ccn(C(C)C)c2)cc1Cl. The van der Waals surface area contributed by atoms with Gasteiger partial charge in [0.1, 0.15) is 12.4 Å². The van der Waals surface area contributed by atoms with E-state index in [1.54, 1.807) is 7.11 Å². The third-order valence-corrected chi connectivity index (χ3v) is 6.12. The highest BCUT2D eigenvalue weighted by Gasteiger charge is 2.41. The smallest absolute Gasteiger partial charge is 0.174 e. The lowest BCUT2D eigenvalue weighted by Gasteiger charge is -2.27. The van der Waals surface area contributed by atoms with Crippen molar-refractivity contribution in [3.63, 3.8) is 0 Å². The topological polar surface area (TPSA) is 51.6 Å². The van der Waals surface area contributed by atoms with Gasteiger partial charge in [-0.3, -0.25) is 4.98 Å². The summed E-state index contributed by atoms with van der Waals surface area (Å²) in [6.07, 6.45) is 6.09. The first-order valence-corrected chi connectivity index (χ1v) is 11.4. The van der Waals surface area contributed by atoms with E-state index in [-0.39, 0.29) is 12.1 Å². The molecular weight excluding hydrogens is 444 g/mol. The van der Waals surface area contributed by atoms with Gasteiger partial charge in [0, 0.05) is 37.4 Å². The van der Waals surface area contributed by atoms with Crippen molar-refractivity contribution in [2.24, 2.45) is 0 Å². The maximum atomic E-state index is 6.55. The van der Waals surface area contributed by atoms with Gasteiger partial charge in [0.25, 0.3) is 0 Å². The van der Waals surface area contributed by atoms with Crippen LogP contribution in [0.1, 0.15) is 43.2 Å². The minimum atomic E-state index is -0.0943. The fourth-order valence-electron chi connectivity index (χ4n) is 3.89. The predicted molar refractivity (Wildman–Crippen MR) is 132 cm³/mol. The summed E-state index contributed by atoms with van der Waals surface area (Å²) in [4.78, 5) is 6.71. The first-order valence-electron chi connectivity index (χ1n) is 10.6. The zero-order valence-electron chi connectivity index (χ0n) is 18.4. The van der Waals surface area contributed by atoms with Crippen molar-refractivity contribution >= 4 is 34.6 Å². The molecule has 0 spiro atoms. The van der Waals surface area contributed by atoms with E-state index in [2.05, 4.69) is 52.1 Å². The summed E-state index contributed by atoms with van der Waals surface area (Å²) in [5.41, 5.74) is 2.98. The molecule has 0 bridgehead atoms. The Morgan fingerprint density at radius 3 is 2.69 bits per heavy atom. The fraction of sp³-hybridized carbons (Fsp3) is 0.333. The Bertz CT molecular complexity index is 1070. The van der Waals surface area contributed by atoms with Gasteiger partial charge in [-0.2, -0.15) is 0 Å². The minimum absolute atomic E-state index is 0.0753. The molecule has 0 unspecified atom stereocenters. The van der Waals surface area contributed by atoms with Crippen molar-refractivity contribution in [1.82, 2.24) is 14.9 Å². The Balaban J connectivity index is 1.72. The van der Waals surface area contributed by atoms with Gasteiger partial charge >= 0.3 is 0 Å². The van der Waals surface area contributed by atoms with E-state index in [0.29, 0.717) is 35.1 Å². The van der Waals surface area contributed by atoms with E-state index in [1.807, 2.05) is 42.6 Å². The van der Waals surface area contributed by atoms with Gasteiger partial charge in [-0.15, -0.1) is 0 Å². The molecule has 6 nitrogen and oxygen atoms in total. The maximum Gasteiger partial charge on any atom is 0.174 e. The molecule has 1 fully saturated rings. The van der Waals surface area contributed by atoms with Gasteiger partial charge in [-0.1, -0.05) is 17.7 Å². The fourth-order valence-corrected chi connectivity index (χ4v) is 4.47. The van der Waals surface area contributed by atoms with Gasteiger partial charge in [0.15, 0.2) is 5.11 Å². The molecule has 0 aliphatic carbocycles. The van der Waals surface area contributed by atoms with Crippen LogP contribution in [0.25, 0.3) is 0 Å². The number of benzene rings is 1. The first kappa shape index (κ1) is 22.6. The van der Waals surface area contributed by atoms with Gasteiger partial charge in [0.05, 0.1) is 29.4 Å². The van der Waals surface area contributed by atoms with E-state index in [9.17, 15) is 0 Å². The van der Waals surface area contributed by atoms with Crippen LogP contribution in [0.5, 0.6) is 5.75 Å². The molecule has 4 rings (SSSR count). The highest BCUT2D eigenvalue weighted by atomic mass is 35.5. The summed E-state index contributed by atoms with van der Waals surface area (Å²) in [5.74, 6) is 0.620. The summed E-state index contributed by atoms with van der Waals surface area (Å²) < 4.78 is 13.0. The van der Waals surface area contributed by atoms with Crippen LogP contribution >= 0.6 is 23.8 Å². The lowest BCUT2D eigenvalue weighted by Crippen LogP contribution is -2.29. The molecule has 1 aliphatic rings. The molecule has 0 saturated carbocycles. The first-order chi connectivity index (χ1) is 15.5. The number of rotatable bonds is 8. The van der Waals surface area contributed by atoms with Crippen molar-refractivity contribution in [1.29, 1.82) is 0 Å². The van der Waals surface area contributed by atoms with Crippen molar-refractivity contribution in [3.05, 3.63) is 77.3 Å². The van der Waals surface area contributed by atoms with Crippen LogP contribution < -0.4 is 15.0 Å². The summed E-state index contributed by atoms with van der Waals surface area (Å²) in [7, 11) is 1.64. The van der Waals surface area contributed by atoms with Crippen molar-refractivity contribution in [2.75, 3.05) is 25.2 Å². The molecule has 0 radical (unpaired) electrons. The zero-order chi connectivity index (χ0) is 22.7. The number of anilines is 1. The molecule has 1 saturated heterocycles. The average molecular weight is 471 g/mol. The van der Waals surface area contributed by atoms with E-state index in [4.69, 9.17) is 33.3 Å². The van der Waals surface area contributed by atoms with E-state index in [0.717, 1.165) is 16.9 Å². The highest BCUT2D eigenvalue weighted by molar-refractivity contribution is 7.80. The summed E-state index contributed by atoms with van der Waals surface area (Å²) in [6.45, 7) is 5.26. The summed E-state index contributed by atoms with van der Waals surface area (Å²) in [6, 6.07) is 14.0. The standard InChI is InChI=1S/C24H27ClN4O2S/c1-16(2)28-11-9-17(15-28)23-22(20-6-4-5-10-26-20)27-24(32)29(23)18-7-8-21(19(25)14-18)31-13-12-30-3/h4-11,14-16,22-23H,12-13H2,1-3H3,(H,27,32)/t22-,23-/m0/s1. The summed E-state index contributed by atoms with van der Waals surface area (Å²) in [5, 5.41) is 4.64. The van der Waals surface area contributed by atoms with Crippen molar-refractivity contribution in [3.8, 4) is 5.75 Å². The second-order valence-corrected chi connectivity index (χ2v) is 8.73. The minimum Gasteiger partial charge on any atom is -0.490 e. The third kappa shape index (κ3) is 4.60. The lowest BCUT2D eigenvalue weighted by molar-refractivity contribution is 0.146. The number of halogens is 1. The number of thiocarbonyl (C=S) groups is 1. The largest absolute Gasteiger partial charge is 0.490 e. The predicted octanol–water partition coefficient (Wildman–Crippen LogP) is 5.32. The Hall–Kier alpha value is -2.61. The van der Waals surface area contributed by atoms with Crippen molar-refractivity contribution in [2.45, 2.75) is 32.0 Å². The third-order valence-electron chi connectivity index (χ3n) is 5.51. The van der Waals surface area contributed by atoms with Crippen LogP contribution in [0.3, 0.4) is 0 Å². The van der Waals surface area contributed by atoms with Gasteiger partial charge in [-0.05, 0) is 68.0 Å². The van der Waals surface area contributed by atoms with Gasteiger partial charge in [-0.25, -0.2) is 0 Å². The molecule has 2 atom stereocenters. The average Bonchev–Trinajstić information content (AvgIpc) is 3.40. The number of nitrogens with zero attached hydrogens (tertiary/aromatic N) is 3. The molecule has 3 aromatic rings. The quantitative estimate of drug-likeness (QED) is 0.355. The molecule has 1 aliphatic heterocycles. The maximum absolute atomic E-state index is 6.55. The number of pyridine rings is 1. The number of ether oxygens (including phenoxy) is 2. The number of nitrogens with one attached hydrogen (secondary N) is 1. The number of hydrogen-bond donors (Lipinski definition) is 1. The zero-order valence-corrected chi connectivity index (χ0v) is 19.9. The van der Waals surface area contributed by atoms with E-state index in [1.165, 1.54) is 0 Å². The number of methoxy groups -OCH3 is 1. The Morgan fingerprint density at radius 1 is 1.19 bits per heavy atom. The Kier molecular flexibility index (Phi) is 6.98. The van der Waals surface area contributed by atoms with Crippen LogP contribution in [-0.2, 0) is 4.74 Å². The second-order valence-electron chi connectivity index (χ2n) is 7.94. The van der Waals surface area contributed by atoms with Crippen LogP contribution in [-0.4, -0.2) is 35.0 Å².